The summed E-state index contributed by atoms with van der Waals surface area (Å²) in [6, 6.07) is 9.67. The third-order valence-electron chi connectivity index (χ3n) is 5.06. The van der Waals surface area contributed by atoms with Gasteiger partial charge in [-0.25, -0.2) is 4.98 Å². The van der Waals surface area contributed by atoms with Crippen LogP contribution in [0.25, 0.3) is 0 Å². The van der Waals surface area contributed by atoms with Gasteiger partial charge in [-0.05, 0) is 44.5 Å². The SMILES string of the molecule is CN1CCC(CNC(=O)[C@@H](N)Cc2cn(Cc3ccccc3)cn2)CC1.Cl.Cl.Cl. The third kappa shape index (κ3) is 8.93. The molecule has 1 fully saturated rings. The van der Waals surface area contributed by atoms with Crippen molar-refractivity contribution >= 4 is 43.1 Å². The molecule has 0 spiro atoms. The van der Waals surface area contributed by atoms with Crippen molar-refractivity contribution in [1.82, 2.24) is 19.8 Å². The summed E-state index contributed by atoms with van der Waals surface area (Å²) in [5.41, 5.74) is 8.15. The zero-order valence-electron chi connectivity index (χ0n) is 16.7. The number of imidazole rings is 1. The fourth-order valence-corrected chi connectivity index (χ4v) is 3.35. The second-order valence-electron chi connectivity index (χ2n) is 7.33. The van der Waals surface area contributed by atoms with Gasteiger partial charge in [-0.3, -0.25) is 4.79 Å². The van der Waals surface area contributed by atoms with Crippen molar-refractivity contribution in [2.75, 3.05) is 26.7 Å². The van der Waals surface area contributed by atoms with E-state index in [1.807, 2.05) is 29.0 Å². The van der Waals surface area contributed by atoms with Gasteiger partial charge in [0, 0.05) is 25.7 Å². The Bertz CT molecular complexity index is 705. The molecule has 3 N–H and O–H groups in total. The van der Waals surface area contributed by atoms with E-state index in [1.165, 1.54) is 5.56 Å². The largest absolute Gasteiger partial charge is 0.354 e. The van der Waals surface area contributed by atoms with Crippen LogP contribution in [0.4, 0.5) is 0 Å². The van der Waals surface area contributed by atoms with Crippen LogP contribution in [0, 0.1) is 5.92 Å². The van der Waals surface area contributed by atoms with Crippen LogP contribution < -0.4 is 11.1 Å². The number of nitrogens with two attached hydrogens (primary N) is 1. The summed E-state index contributed by atoms with van der Waals surface area (Å²) in [7, 11) is 2.14. The van der Waals surface area contributed by atoms with E-state index in [2.05, 4.69) is 34.4 Å². The first kappa shape index (κ1) is 27.7. The number of nitrogens with one attached hydrogen (secondary N) is 1. The average molecular weight is 465 g/mol. The minimum Gasteiger partial charge on any atom is -0.354 e. The molecule has 0 radical (unpaired) electrons. The highest BCUT2D eigenvalue weighted by Crippen LogP contribution is 2.14. The van der Waals surface area contributed by atoms with Crippen molar-refractivity contribution in [2.45, 2.75) is 31.8 Å². The van der Waals surface area contributed by atoms with Gasteiger partial charge in [-0.15, -0.1) is 37.2 Å². The van der Waals surface area contributed by atoms with Gasteiger partial charge in [0.25, 0.3) is 0 Å². The minimum atomic E-state index is -0.554. The Balaban J connectivity index is 0.00000261. The number of halogens is 3. The van der Waals surface area contributed by atoms with Crippen molar-refractivity contribution in [2.24, 2.45) is 11.7 Å². The molecule has 0 unspecified atom stereocenters. The number of hydrogen-bond acceptors (Lipinski definition) is 4. The number of benzene rings is 1. The summed E-state index contributed by atoms with van der Waals surface area (Å²) in [5, 5.41) is 3.02. The summed E-state index contributed by atoms with van der Waals surface area (Å²) in [6.45, 7) is 3.70. The molecule has 1 aromatic heterocycles. The first-order valence-electron chi connectivity index (χ1n) is 9.36. The number of likely N-dealkylation sites (tertiary alicyclic amines) is 1. The molecule has 1 aliphatic heterocycles. The molecule has 0 aliphatic carbocycles. The van der Waals surface area contributed by atoms with Crippen LogP contribution >= 0.6 is 37.2 Å². The van der Waals surface area contributed by atoms with Crippen LogP contribution in [-0.4, -0.2) is 53.1 Å². The van der Waals surface area contributed by atoms with E-state index in [0.717, 1.165) is 44.7 Å². The molecule has 1 aliphatic rings. The Morgan fingerprint density at radius 3 is 2.52 bits per heavy atom. The number of carbonyl (C=O) groups excluding carboxylic acids is 1. The molecule has 1 aromatic carbocycles. The Kier molecular flexibility index (Phi) is 13.2. The Morgan fingerprint density at radius 1 is 1.21 bits per heavy atom. The van der Waals surface area contributed by atoms with Gasteiger partial charge in [0.15, 0.2) is 0 Å². The maximum absolute atomic E-state index is 12.3. The highest BCUT2D eigenvalue weighted by molar-refractivity contribution is 5.86. The van der Waals surface area contributed by atoms with Gasteiger partial charge in [0.1, 0.15) is 0 Å². The van der Waals surface area contributed by atoms with Gasteiger partial charge in [-0.2, -0.15) is 0 Å². The van der Waals surface area contributed by atoms with Gasteiger partial charge in [0.2, 0.25) is 5.91 Å². The highest BCUT2D eigenvalue weighted by Gasteiger charge is 2.20. The van der Waals surface area contributed by atoms with Gasteiger partial charge in [0.05, 0.1) is 18.1 Å². The number of rotatable bonds is 7. The van der Waals surface area contributed by atoms with Crippen molar-refractivity contribution in [1.29, 1.82) is 0 Å². The Hall–Kier alpha value is -1.31. The minimum absolute atomic E-state index is 0. The van der Waals surface area contributed by atoms with Crippen LogP contribution in [0.2, 0.25) is 0 Å². The molecule has 3 rings (SSSR count). The summed E-state index contributed by atoms with van der Waals surface area (Å²) in [6.07, 6.45) is 6.50. The second-order valence-corrected chi connectivity index (χ2v) is 7.33. The maximum atomic E-state index is 12.3. The van der Waals surface area contributed by atoms with E-state index in [4.69, 9.17) is 5.73 Å². The highest BCUT2D eigenvalue weighted by atomic mass is 35.5. The van der Waals surface area contributed by atoms with Crippen molar-refractivity contribution in [3.63, 3.8) is 0 Å². The lowest BCUT2D eigenvalue weighted by Crippen LogP contribution is -2.45. The van der Waals surface area contributed by atoms with E-state index in [9.17, 15) is 4.79 Å². The fraction of sp³-hybridized carbons (Fsp3) is 0.500. The first-order chi connectivity index (χ1) is 12.6. The lowest BCUT2D eigenvalue weighted by atomic mass is 9.97. The Labute approximate surface area is 191 Å². The summed E-state index contributed by atoms with van der Waals surface area (Å²) < 4.78 is 2.02. The molecule has 9 heteroatoms. The average Bonchev–Trinajstić information content (AvgIpc) is 3.08. The molecule has 0 saturated carbocycles. The van der Waals surface area contributed by atoms with E-state index in [-0.39, 0.29) is 43.1 Å². The van der Waals surface area contributed by atoms with Crippen LogP contribution in [0.5, 0.6) is 0 Å². The summed E-state index contributed by atoms with van der Waals surface area (Å²) in [5.74, 6) is 0.481. The van der Waals surface area contributed by atoms with Crippen LogP contribution in [0.15, 0.2) is 42.9 Å². The van der Waals surface area contributed by atoms with Crippen LogP contribution in [0.3, 0.4) is 0 Å². The molecule has 0 bridgehead atoms. The molecular weight excluding hydrogens is 433 g/mol. The lowest BCUT2D eigenvalue weighted by Gasteiger charge is -2.29. The summed E-state index contributed by atoms with van der Waals surface area (Å²) >= 11 is 0. The number of nitrogens with zero attached hydrogens (tertiary/aromatic N) is 3. The predicted molar refractivity (Wildman–Crippen MR) is 124 cm³/mol. The quantitative estimate of drug-likeness (QED) is 0.660. The van der Waals surface area contributed by atoms with E-state index in [0.29, 0.717) is 12.3 Å². The van der Waals surface area contributed by atoms with Crippen LogP contribution in [-0.2, 0) is 17.8 Å². The monoisotopic (exact) mass is 463 g/mol. The summed E-state index contributed by atoms with van der Waals surface area (Å²) in [4.78, 5) is 19.0. The zero-order valence-corrected chi connectivity index (χ0v) is 19.1. The van der Waals surface area contributed by atoms with Crippen molar-refractivity contribution in [3.05, 3.63) is 54.1 Å². The third-order valence-corrected chi connectivity index (χ3v) is 5.06. The normalized spacial score (nSPS) is 15.4. The van der Waals surface area contributed by atoms with Crippen LogP contribution in [0.1, 0.15) is 24.1 Å². The molecular formula is C20H32Cl3N5O. The molecule has 1 saturated heterocycles. The molecule has 6 nitrogen and oxygen atoms in total. The van der Waals surface area contributed by atoms with Gasteiger partial charge in [-0.1, -0.05) is 30.3 Å². The maximum Gasteiger partial charge on any atom is 0.237 e. The molecule has 2 aromatic rings. The standard InChI is InChI=1S/C20H29N5O.3ClH/c1-24-9-7-16(8-10-24)12-22-20(26)19(21)11-18-14-25(15-23-18)13-17-5-3-2-4-6-17;;;/h2-6,14-16,19H,7-13,21H2,1H3,(H,22,26);3*1H/t19-;;;/m0.../s1. The topological polar surface area (TPSA) is 76.2 Å². The second kappa shape index (κ2) is 13.8. The number of hydrogen-bond donors (Lipinski definition) is 2. The number of aromatic nitrogens is 2. The number of amides is 1. The zero-order chi connectivity index (χ0) is 18.4. The van der Waals surface area contributed by atoms with Gasteiger partial charge >= 0.3 is 0 Å². The van der Waals surface area contributed by atoms with Gasteiger partial charge < -0.3 is 20.5 Å². The van der Waals surface area contributed by atoms with E-state index in [1.54, 1.807) is 6.33 Å². The van der Waals surface area contributed by atoms with E-state index < -0.39 is 6.04 Å². The van der Waals surface area contributed by atoms with E-state index >= 15 is 0 Å². The first-order valence-corrected chi connectivity index (χ1v) is 9.36. The molecule has 1 amide bonds. The predicted octanol–water partition coefficient (Wildman–Crippen LogP) is 2.52. The fourth-order valence-electron chi connectivity index (χ4n) is 3.35. The molecule has 29 heavy (non-hydrogen) atoms. The smallest absolute Gasteiger partial charge is 0.237 e. The Morgan fingerprint density at radius 2 is 1.86 bits per heavy atom. The molecule has 1 atom stereocenters. The van der Waals surface area contributed by atoms with Crippen molar-refractivity contribution in [3.8, 4) is 0 Å². The number of carbonyl (C=O) groups is 1. The lowest BCUT2D eigenvalue weighted by molar-refractivity contribution is -0.122. The number of piperidine rings is 1. The molecule has 2 heterocycles. The van der Waals surface area contributed by atoms with Crippen molar-refractivity contribution < 1.29 is 4.79 Å². The molecule has 164 valence electrons.